The Morgan fingerprint density at radius 2 is 2.27 bits per heavy atom. The van der Waals surface area contributed by atoms with Gasteiger partial charge < -0.3 is 10.9 Å². The third-order valence-corrected chi connectivity index (χ3v) is 2.77. The predicted octanol–water partition coefficient (Wildman–Crippen LogP) is 1.68. The SMILES string of the molecule is Cc1nn(CCCC(N)=NO)c(C)c1Cl. The van der Waals surface area contributed by atoms with Crippen molar-refractivity contribution < 1.29 is 5.21 Å². The number of hydrogen-bond acceptors (Lipinski definition) is 3. The Morgan fingerprint density at radius 1 is 1.60 bits per heavy atom. The first-order chi connectivity index (χ1) is 7.06. The summed E-state index contributed by atoms with van der Waals surface area (Å²) in [4.78, 5) is 0. The summed E-state index contributed by atoms with van der Waals surface area (Å²) in [7, 11) is 0. The van der Waals surface area contributed by atoms with Crippen LogP contribution in [-0.4, -0.2) is 20.8 Å². The summed E-state index contributed by atoms with van der Waals surface area (Å²) in [6.07, 6.45) is 1.32. The van der Waals surface area contributed by atoms with Gasteiger partial charge in [0.05, 0.1) is 16.4 Å². The highest BCUT2D eigenvalue weighted by Crippen LogP contribution is 2.19. The lowest BCUT2D eigenvalue weighted by Crippen LogP contribution is -2.13. The molecule has 0 amide bonds. The van der Waals surface area contributed by atoms with Crippen LogP contribution >= 0.6 is 11.6 Å². The molecule has 1 aromatic heterocycles. The van der Waals surface area contributed by atoms with Gasteiger partial charge in [-0.05, 0) is 20.3 Å². The molecule has 0 aliphatic rings. The second-order valence-corrected chi connectivity index (χ2v) is 3.78. The Labute approximate surface area is 93.5 Å². The van der Waals surface area contributed by atoms with Crippen molar-refractivity contribution in [3.8, 4) is 0 Å². The molecule has 0 bridgehead atoms. The van der Waals surface area contributed by atoms with Crippen LogP contribution in [0.15, 0.2) is 5.16 Å². The van der Waals surface area contributed by atoms with E-state index in [-0.39, 0.29) is 5.84 Å². The summed E-state index contributed by atoms with van der Waals surface area (Å²) in [5.74, 6) is 0.239. The molecule has 0 atom stereocenters. The molecule has 3 N–H and O–H groups in total. The number of rotatable bonds is 4. The molecule has 1 aromatic rings. The van der Waals surface area contributed by atoms with Gasteiger partial charge in [-0.2, -0.15) is 5.10 Å². The zero-order valence-corrected chi connectivity index (χ0v) is 9.62. The van der Waals surface area contributed by atoms with Crippen molar-refractivity contribution >= 4 is 17.4 Å². The van der Waals surface area contributed by atoms with Gasteiger partial charge in [0.15, 0.2) is 0 Å². The average molecular weight is 231 g/mol. The van der Waals surface area contributed by atoms with E-state index < -0.39 is 0 Å². The van der Waals surface area contributed by atoms with Gasteiger partial charge >= 0.3 is 0 Å². The normalized spacial score (nSPS) is 12.1. The predicted molar refractivity (Wildman–Crippen MR) is 59.4 cm³/mol. The lowest BCUT2D eigenvalue weighted by molar-refractivity contribution is 0.316. The summed E-state index contributed by atoms with van der Waals surface area (Å²) in [6.45, 7) is 4.51. The zero-order chi connectivity index (χ0) is 11.4. The number of nitrogens with two attached hydrogens (primary N) is 1. The number of halogens is 1. The number of aromatic nitrogens is 2. The van der Waals surface area contributed by atoms with Crippen molar-refractivity contribution in [3.63, 3.8) is 0 Å². The van der Waals surface area contributed by atoms with E-state index in [1.54, 1.807) is 0 Å². The number of oxime groups is 1. The summed E-state index contributed by atoms with van der Waals surface area (Å²) >= 11 is 6.00. The molecule has 1 rings (SSSR count). The van der Waals surface area contributed by atoms with Crippen molar-refractivity contribution in [2.75, 3.05) is 0 Å². The fraction of sp³-hybridized carbons (Fsp3) is 0.556. The molecule has 0 saturated carbocycles. The monoisotopic (exact) mass is 230 g/mol. The van der Waals surface area contributed by atoms with E-state index in [1.807, 2.05) is 18.5 Å². The minimum Gasteiger partial charge on any atom is -0.409 e. The van der Waals surface area contributed by atoms with Gasteiger partial charge in [0.25, 0.3) is 0 Å². The second kappa shape index (κ2) is 5.02. The van der Waals surface area contributed by atoms with Crippen molar-refractivity contribution in [2.24, 2.45) is 10.9 Å². The lowest BCUT2D eigenvalue weighted by Gasteiger charge is -2.03. The Balaban J connectivity index is 2.55. The van der Waals surface area contributed by atoms with Crippen molar-refractivity contribution in [1.82, 2.24) is 9.78 Å². The fourth-order valence-corrected chi connectivity index (χ4v) is 1.49. The van der Waals surface area contributed by atoms with Crippen LogP contribution in [0.5, 0.6) is 0 Å². The van der Waals surface area contributed by atoms with Gasteiger partial charge in [0.2, 0.25) is 0 Å². The first-order valence-electron chi connectivity index (χ1n) is 4.72. The van der Waals surface area contributed by atoms with Gasteiger partial charge in [-0.25, -0.2) is 0 Å². The highest BCUT2D eigenvalue weighted by atomic mass is 35.5. The number of nitrogens with zero attached hydrogens (tertiary/aromatic N) is 3. The van der Waals surface area contributed by atoms with E-state index >= 15 is 0 Å². The fourth-order valence-electron chi connectivity index (χ4n) is 1.35. The Kier molecular flexibility index (Phi) is 3.96. The minimum absolute atomic E-state index is 0.239. The van der Waals surface area contributed by atoms with E-state index in [9.17, 15) is 0 Å². The molecule has 0 unspecified atom stereocenters. The lowest BCUT2D eigenvalue weighted by atomic mass is 10.3. The van der Waals surface area contributed by atoms with Crippen molar-refractivity contribution in [2.45, 2.75) is 33.2 Å². The molecular formula is C9H15ClN4O. The molecule has 5 nitrogen and oxygen atoms in total. The van der Waals surface area contributed by atoms with Crippen LogP contribution < -0.4 is 5.73 Å². The van der Waals surface area contributed by atoms with Gasteiger partial charge in [0.1, 0.15) is 5.84 Å². The topological polar surface area (TPSA) is 76.4 Å². The zero-order valence-electron chi connectivity index (χ0n) is 8.87. The highest BCUT2D eigenvalue weighted by Gasteiger charge is 2.08. The summed E-state index contributed by atoms with van der Waals surface area (Å²) in [5, 5.41) is 16.2. The maximum absolute atomic E-state index is 8.35. The molecule has 6 heteroatoms. The molecule has 0 spiro atoms. The molecule has 0 aliphatic heterocycles. The molecule has 0 radical (unpaired) electrons. The molecule has 0 saturated heterocycles. The van der Waals surface area contributed by atoms with Crippen molar-refractivity contribution in [3.05, 3.63) is 16.4 Å². The number of hydrogen-bond donors (Lipinski definition) is 2. The molecule has 0 fully saturated rings. The maximum atomic E-state index is 8.35. The molecule has 84 valence electrons. The smallest absolute Gasteiger partial charge is 0.139 e. The van der Waals surface area contributed by atoms with E-state index in [0.717, 1.165) is 24.4 Å². The van der Waals surface area contributed by atoms with E-state index in [4.69, 9.17) is 22.5 Å². The molecular weight excluding hydrogens is 216 g/mol. The van der Waals surface area contributed by atoms with Crippen LogP contribution in [0, 0.1) is 13.8 Å². The third-order valence-electron chi connectivity index (χ3n) is 2.22. The largest absolute Gasteiger partial charge is 0.409 e. The van der Waals surface area contributed by atoms with Gasteiger partial charge in [-0.1, -0.05) is 16.8 Å². The van der Waals surface area contributed by atoms with Crippen LogP contribution in [0.1, 0.15) is 24.2 Å². The number of amidine groups is 1. The second-order valence-electron chi connectivity index (χ2n) is 3.40. The average Bonchev–Trinajstić information content (AvgIpc) is 2.46. The Morgan fingerprint density at radius 3 is 2.73 bits per heavy atom. The summed E-state index contributed by atoms with van der Waals surface area (Å²) in [6, 6.07) is 0. The Hall–Kier alpha value is -1.23. The van der Waals surface area contributed by atoms with Crippen LogP contribution in [0.2, 0.25) is 5.02 Å². The summed E-state index contributed by atoms with van der Waals surface area (Å²) in [5.41, 5.74) is 7.14. The van der Waals surface area contributed by atoms with Gasteiger partial charge in [-0.15, -0.1) is 0 Å². The first kappa shape index (κ1) is 11.8. The van der Waals surface area contributed by atoms with Crippen LogP contribution in [0.3, 0.4) is 0 Å². The standard InChI is InChI=1S/C9H15ClN4O/c1-6-9(10)7(2)14(12-6)5-3-4-8(11)13-15/h15H,3-5H2,1-2H3,(H2,11,13). The Bertz CT molecular complexity index is 372. The quantitative estimate of drug-likeness (QED) is 0.358. The highest BCUT2D eigenvalue weighted by molar-refractivity contribution is 6.31. The van der Waals surface area contributed by atoms with E-state index in [1.165, 1.54) is 0 Å². The summed E-state index contributed by atoms with van der Waals surface area (Å²) < 4.78 is 1.84. The van der Waals surface area contributed by atoms with Gasteiger partial charge in [0, 0.05) is 13.0 Å². The van der Waals surface area contributed by atoms with E-state index in [2.05, 4.69) is 10.3 Å². The molecule has 15 heavy (non-hydrogen) atoms. The van der Waals surface area contributed by atoms with Crippen LogP contribution in [0.4, 0.5) is 0 Å². The van der Waals surface area contributed by atoms with Gasteiger partial charge in [-0.3, -0.25) is 4.68 Å². The van der Waals surface area contributed by atoms with E-state index in [0.29, 0.717) is 11.4 Å². The van der Waals surface area contributed by atoms with Crippen molar-refractivity contribution in [1.29, 1.82) is 0 Å². The third kappa shape index (κ3) is 2.86. The molecule has 1 heterocycles. The van der Waals surface area contributed by atoms with Crippen LogP contribution in [0.25, 0.3) is 0 Å². The number of aryl methyl sites for hydroxylation is 2. The van der Waals surface area contributed by atoms with Crippen LogP contribution in [-0.2, 0) is 6.54 Å². The maximum Gasteiger partial charge on any atom is 0.139 e. The first-order valence-corrected chi connectivity index (χ1v) is 5.10. The molecule has 0 aromatic carbocycles. The molecule has 0 aliphatic carbocycles. The minimum atomic E-state index is 0.239.